The first-order valence-corrected chi connectivity index (χ1v) is 7.49. The molecule has 6 nitrogen and oxygen atoms in total. The van der Waals surface area contributed by atoms with Crippen LogP contribution in [0.15, 0.2) is 17.3 Å². The van der Waals surface area contributed by atoms with Crippen molar-refractivity contribution in [2.75, 3.05) is 18.4 Å². The zero-order valence-electron chi connectivity index (χ0n) is 11.0. The third-order valence-electron chi connectivity index (χ3n) is 2.29. The average Bonchev–Trinajstić information content (AvgIpc) is 2.29. The number of rotatable bonds is 7. The molecule has 0 atom stereocenters. The third kappa shape index (κ3) is 4.58. The first-order valence-electron chi connectivity index (χ1n) is 6.01. The van der Waals surface area contributed by atoms with Gasteiger partial charge in [0.25, 0.3) is 0 Å². The molecule has 0 aliphatic carbocycles. The summed E-state index contributed by atoms with van der Waals surface area (Å²) in [5, 5.41) is 2.91. The molecule has 0 radical (unpaired) electrons. The van der Waals surface area contributed by atoms with Crippen molar-refractivity contribution in [3.05, 3.63) is 12.4 Å². The molecular formula is C11H20N4O2S. The van der Waals surface area contributed by atoms with Gasteiger partial charge in [0.1, 0.15) is 4.90 Å². The second kappa shape index (κ2) is 6.65. The Morgan fingerprint density at radius 3 is 2.39 bits per heavy atom. The Labute approximate surface area is 108 Å². The summed E-state index contributed by atoms with van der Waals surface area (Å²) >= 11 is 0. The minimum Gasteiger partial charge on any atom is -0.355 e. The van der Waals surface area contributed by atoms with Crippen molar-refractivity contribution in [1.29, 1.82) is 0 Å². The van der Waals surface area contributed by atoms with Gasteiger partial charge < -0.3 is 5.32 Å². The van der Waals surface area contributed by atoms with Crippen molar-refractivity contribution >= 4 is 16.0 Å². The predicted octanol–water partition coefficient (Wildman–Crippen LogP) is 1.23. The van der Waals surface area contributed by atoms with Crippen molar-refractivity contribution in [1.82, 2.24) is 14.7 Å². The van der Waals surface area contributed by atoms with Crippen LogP contribution >= 0.6 is 0 Å². The molecule has 1 rings (SSSR count). The Morgan fingerprint density at radius 2 is 1.89 bits per heavy atom. The van der Waals surface area contributed by atoms with Crippen LogP contribution in [0.1, 0.15) is 27.2 Å². The van der Waals surface area contributed by atoms with E-state index in [0.717, 1.165) is 6.42 Å². The van der Waals surface area contributed by atoms with Crippen LogP contribution in [0.3, 0.4) is 0 Å². The lowest BCUT2D eigenvalue weighted by molar-refractivity contribution is 0.551. The summed E-state index contributed by atoms with van der Waals surface area (Å²) in [7, 11) is -3.49. The number of nitrogens with zero attached hydrogens (tertiary/aromatic N) is 2. The van der Waals surface area contributed by atoms with Crippen LogP contribution in [0.25, 0.3) is 0 Å². The molecule has 102 valence electrons. The first-order chi connectivity index (χ1) is 8.45. The van der Waals surface area contributed by atoms with Crippen molar-refractivity contribution in [3.63, 3.8) is 0 Å². The number of hydrogen-bond donors (Lipinski definition) is 2. The fourth-order valence-corrected chi connectivity index (χ4v) is 2.21. The smallest absolute Gasteiger partial charge is 0.243 e. The van der Waals surface area contributed by atoms with Crippen LogP contribution in [0.2, 0.25) is 0 Å². The number of anilines is 1. The van der Waals surface area contributed by atoms with E-state index in [1.165, 1.54) is 12.4 Å². The van der Waals surface area contributed by atoms with Crippen LogP contribution in [-0.2, 0) is 10.0 Å². The molecule has 1 aromatic heterocycles. The van der Waals surface area contributed by atoms with Gasteiger partial charge in [-0.25, -0.2) is 23.1 Å². The molecule has 0 spiro atoms. The molecular weight excluding hydrogens is 252 g/mol. The molecule has 0 bridgehead atoms. The third-order valence-corrected chi connectivity index (χ3v) is 3.70. The monoisotopic (exact) mass is 272 g/mol. The van der Waals surface area contributed by atoms with Gasteiger partial charge in [0.15, 0.2) is 0 Å². The number of nitrogens with one attached hydrogen (secondary N) is 2. The standard InChI is InChI=1S/C11H20N4O2S/c1-4-12-11-13-7-10(8-14-11)18(16,17)15-6-5-9(2)3/h7-9,15H,4-6H2,1-3H3,(H,12,13,14). The summed E-state index contributed by atoms with van der Waals surface area (Å²) in [4.78, 5) is 7.96. The zero-order valence-corrected chi connectivity index (χ0v) is 11.8. The lowest BCUT2D eigenvalue weighted by Gasteiger charge is -2.08. The van der Waals surface area contributed by atoms with E-state index >= 15 is 0 Å². The number of aromatic nitrogens is 2. The minimum atomic E-state index is -3.49. The predicted molar refractivity (Wildman–Crippen MR) is 70.8 cm³/mol. The molecule has 0 saturated carbocycles. The average molecular weight is 272 g/mol. The van der Waals surface area contributed by atoms with Gasteiger partial charge in [-0.15, -0.1) is 0 Å². The normalized spacial score (nSPS) is 11.8. The maximum absolute atomic E-state index is 11.9. The largest absolute Gasteiger partial charge is 0.355 e. The summed E-state index contributed by atoms with van der Waals surface area (Å²) in [6, 6.07) is 0. The summed E-state index contributed by atoms with van der Waals surface area (Å²) in [6.07, 6.45) is 3.42. The molecule has 0 fully saturated rings. The number of sulfonamides is 1. The van der Waals surface area contributed by atoms with Crippen LogP contribution < -0.4 is 10.0 Å². The van der Waals surface area contributed by atoms with E-state index in [2.05, 4.69) is 20.0 Å². The summed E-state index contributed by atoms with van der Waals surface area (Å²) < 4.78 is 26.3. The van der Waals surface area contributed by atoms with E-state index in [1.54, 1.807) is 0 Å². The van der Waals surface area contributed by atoms with Gasteiger partial charge in [-0.3, -0.25) is 0 Å². The Bertz CT molecular complexity index is 456. The molecule has 1 aromatic rings. The van der Waals surface area contributed by atoms with E-state index in [1.807, 2.05) is 20.8 Å². The summed E-state index contributed by atoms with van der Waals surface area (Å²) in [5.74, 6) is 0.888. The van der Waals surface area contributed by atoms with E-state index in [0.29, 0.717) is 25.0 Å². The molecule has 2 N–H and O–H groups in total. The zero-order chi connectivity index (χ0) is 13.6. The van der Waals surface area contributed by atoms with E-state index in [4.69, 9.17) is 0 Å². The minimum absolute atomic E-state index is 0.0907. The maximum atomic E-state index is 11.9. The summed E-state index contributed by atoms with van der Waals surface area (Å²) in [6.45, 7) is 7.13. The Hall–Kier alpha value is -1.21. The molecule has 0 unspecified atom stereocenters. The highest BCUT2D eigenvalue weighted by Gasteiger charge is 2.14. The van der Waals surface area contributed by atoms with Crippen molar-refractivity contribution in [2.24, 2.45) is 5.92 Å². The molecule has 0 amide bonds. The first kappa shape index (κ1) is 14.8. The topological polar surface area (TPSA) is 84.0 Å². The van der Waals surface area contributed by atoms with Crippen molar-refractivity contribution in [3.8, 4) is 0 Å². The SMILES string of the molecule is CCNc1ncc(S(=O)(=O)NCCC(C)C)cn1. The lowest BCUT2D eigenvalue weighted by Crippen LogP contribution is -2.26. The van der Waals surface area contributed by atoms with Crippen molar-refractivity contribution in [2.45, 2.75) is 32.1 Å². The fraction of sp³-hybridized carbons (Fsp3) is 0.636. The molecule has 0 aromatic carbocycles. The van der Waals surface area contributed by atoms with Gasteiger partial charge in [-0.05, 0) is 19.3 Å². The molecule has 18 heavy (non-hydrogen) atoms. The second-order valence-electron chi connectivity index (χ2n) is 4.35. The van der Waals surface area contributed by atoms with Gasteiger partial charge in [0.05, 0.1) is 12.4 Å². The van der Waals surface area contributed by atoms with Gasteiger partial charge in [0.2, 0.25) is 16.0 Å². The molecule has 0 aliphatic heterocycles. The Balaban J connectivity index is 2.67. The van der Waals surface area contributed by atoms with Crippen LogP contribution in [0, 0.1) is 5.92 Å². The van der Waals surface area contributed by atoms with E-state index in [-0.39, 0.29) is 4.90 Å². The molecule has 7 heteroatoms. The summed E-state index contributed by atoms with van der Waals surface area (Å²) in [5.41, 5.74) is 0. The van der Waals surface area contributed by atoms with Gasteiger partial charge in [-0.2, -0.15) is 0 Å². The Kier molecular flexibility index (Phi) is 5.49. The van der Waals surface area contributed by atoms with Gasteiger partial charge >= 0.3 is 0 Å². The second-order valence-corrected chi connectivity index (χ2v) is 6.12. The van der Waals surface area contributed by atoms with Crippen LogP contribution in [-0.4, -0.2) is 31.5 Å². The van der Waals surface area contributed by atoms with Crippen LogP contribution in [0.4, 0.5) is 5.95 Å². The van der Waals surface area contributed by atoms with E-state index < -0.39 is 10.0 Å². The highest BCUT2D eigenvalue weighted by molar-refractivity contribution is 7.89. The molecule has 0 saturated heterocycles. The molecule has 0 aliphatic rings. The molecule has 1 heterocycles. The number of hydrogen-bond acceptors (Lipinski definition) is 5. The Morgan fingerprint density at radius 1 is 1.28 bits per heavy atom. The van der Waals surface area contributed by atoms with Crippen molar-refractivity contribution < 1.29 is 8.42 Å². The maximum Gasteiger partial charge on any atom is 0.243 e. The highest BCUT2D eigenvalue weighted by Crippen LogP contribution is 2.07. The highest BCUT2D eigenvalue weighted by atomic mass is 32.2. The van der Waals surface area contributed by atoms with E-state index in [9.17, 15) is 8.42 Å². The van der Waals surface area contributed by atoms with Gasteiger partial charge in [0, 0.05) is 13.1 Å². The quantitative estimate of drug-likeness (QED) is 0.780. The van der Waals surface area contributed by atoms with Gasteiger partial charge in [-0.1, -0.05) is 13.8 Å². The van der Waals surface area contributed by atoms with Crippen LogP contribution in [0.5, 0.6) is 0 Å². The fourth-order valence-electron chi connectivity index (χ4n) is 1.27. The lowest BCUT2D eigenvalue weighted by atomic mass is 10.1.